The highest BCUT2D eigenvalue weighted by Gasteiger charge is 2.54. The zero-order valence-corrected chi connectivity index (χ0v) is 11.3. The predicted octanol–water partition coefficient (Wildman–Crippen LogP) is 1.12. The first-order chi connectivity index (χ1) is 9.14. The summed E-state index contributed by atoms with van der Waals surface area (Å²) in [5.74, 6) is 0.631. The lowest BCUT2D eigenvalue weighted by Gasteiger charge is -2.24. The smallest absolute Gasteiger partial charge is 0.245 e. The summed E-state index contributed by atoms with van der Waals surface area (Å²) in [6.45, 7) is 0. The van der Waals surface area contributed by atoms with E-state index in [1.54, 1.807) is 16.7 Å². The molecule has 1 amide bonds. The van der Waals surface area contributed by atoms with Gasteiger partial charge in [0.25, 0.3) is 0 Å². The molecule has 2 saturated heterocycles. The van der Waals surface area contributed by atoms with E-state index in [4.69, 9.17) is 11.0 Å². The van der Waals surface area contributed by atoms with Crippen LogP contribution in [0.4, 0.5) is 0 Å². The third kappa shape index (κ3) is 2.01. The molecular weight excluding hydrogens is 258 g/mol. The van der Waals surface area contributed by atoms with E-state index in [1.807, 2.05) is 30.3 Å². The summed E-state index contributed by atoms with van der Waals surface area (Å²) in [7, 11) is 0. The minimum Gasteiger partial charge on any atom is -0.317 e. The fraction of sp³-hybridized carbons (Fsp3) is 0.429. The second kappa shape index (κ2) is 4.55. The number of nitrogens with two attached hydrogens (primary N) is 1. The normalized spacial score (nSPS) is 33.3. The van der Waals surface area contributed by atoms with Crippen molar-refractivity contribution >= 4 is 17.7 Å². The largest absolute Gasteiger partial charge is 0.317 e. The van der Waals surface area contributed by atoms with Crippen LogP contribution in [0, 0.1) is 11.3 Å². The monoisotopic (exact) mass is 273 g/mol. The zero-order chi connectivity index (χ0) is 13.5. The Hall–Kier alpha value is -1.51. The molecule has 3 rings (SSSR count). The number of nitriles is 1. The molecule has 1 aromatic carbocycles. The molecule has 3 atom stereocenters. The van der Waals surface area contributed by atoms with Crippen molar-refractivity contribution in [2.75, 3.05) is 5.75 Å². The first-order valence-corrected chi connectivity index (χ1v) is 7.36. The highest BCUT2D eigenvalue weighted by molar-refractivity contribution is 8.00. The summed E-state index contributed by atoms with van der Waals surface area (Å²) in [6, 6.07) is 11.7. The van der Waals surface area contributed by atoms with Gasteiger partial charge >= 0.3 is 0 Å². The van der Waals surface area contributed by atoms with Crippen molar-refractivity contribution in [1.29, 1.82) is 5.26 Å². The SMILES string of the molecule is N#C[C@@H]1CS[C@H]2C[C@@](N)(Cc3ccccc3)C(=O)N12. The Morgan fingerprint density at radius 1 is 1.47 bits per heavy atom. The van der Waals surface area contributed by atoms with Crippen molar-refractivity contribution < 1.29 is 4.79 Å². The molecule has 0 spiro atoms. The van der Waals surface area contributed by atoms with E-state index in [2.05, 4.69) is 6.07 Å². The number of hydrogen-bond acceptors (Lipinski definition) is 4. The fourth-order valence-corrected chi connectivity index (χ4v) is 4.31. The van der Waals surface area contributed by atoms with Crippen LogP contribution in [0.25, 0.3) is 0 Å². The topological polar surface area (TPSA) is 70.1 Å². The molecule has 98 valence electrons. The zero-order valence-electron chi connectivity index (χ0n) is 10.5. The summed E-state index contributed by atoms with van der Waals surface area (Å²) in [6.07, 6.45) is 1.17. The van der Waals surface area contributed by atoms with Crippen LogP contribution in [-0.2, 0) is 11.2 Å². The molecule has 0 unspecified atom stereocenters. The van der Waals surface area contributed by atoms with Gasteiger partial charge in [-0.05, 0) is 12.0 Å². The predicted molar refractivity (Wildman–Crippen MR) is 74.2 cm³/mol. The lowest BCUT2D eigenvalue weighted by Crippen LogP contribution is -2.51. The summed E-state index contributed by atoms with van der Waals surface area (Å²) in [5, 5.41) is 9.17. The number of carbonyl (C=O) groups excluding carboxylic acids is 1. The maximum absolute atomic E-state index is 12.5. The van der Waals surface area contributed by atoms with Crippen LogP contribution in [-0.4, -0.2) is 33.5 Å². The highest BCUT2D eigenvalue weighted by Crippen LogP contribution is 2.42. The second-order valence-corrected chi connectivity index (χ2v) is 6.38. The maximum Gasteiger partial charge on any atom is 0.245 e. The number of benzene rings is 1. The van der Waals surface area contributed by atoms with Crippen molar-refractivity contribution in [3.8, 4) is 6.07 Å². The third-order valence-corrected chi connectivity index (χ3v) is 5.09. The van der Waals surface area contributed by atoms with Crippen LogP contribution in [0.3, 0.4) is 0 Å². The Labute approximate surface area is 116 Å². The van der Waals surface area contributed by atoms with Crippen LogP contribution in [0.2, 0.25) is 0 Å². The Morgan fingerprint density at radius 3 is 2.89 bits per heavy atom. The van der Waals surface area contributed by atoms with Gasteiger partial charge in [-0.25, -0.2) is 0 Å². The number of carbonyl (C=O) groups is 1. The standard InChI is InChI=1S/C14H15N3OS/c15-8-11-9-19-12-7-14(16,13(18)17(11)12)6-10-4-2-1-3-5-10/h1-5,11-12H,6-7,9,16H2/t11-,12+,14+/m1/s1. The molecule has 0 aromatic heterocycles. The molecule has 2 heterocycles. The van der Waals surface area contributed by atoms with E-state index < -0.39 is 5.54 Å². The van der Waals surface area contributed by atoms with Gasteiger partial charge in [0.2, 0.25) is 5.91 Å². The average molecular weight is 273 g/mol. The van der Waals surface area contributed by atoms with Crippen molar-refractivity contribution in [1.82, 2.24) is 4.90 Å². The Bertz CT molecular complexity index is 541. The fourth-order valence-electron chi connectivity index (χ4n) is 2.86. The Morgan fingerprint density at radius 2 is 2.21 bits per heavy atom. The van der Waals surface area contributed by atoms with Gasteiger partial charge in [-0.15, -0.1) is 11.8 Å². The van der Waals surface area contributed by atoms with Gasteiger partial charge in [-0.1, -0.05) is 30.3 Å². The minimum atomic E-state index is -0.853. The molecule has 1 aromatic rings. The van der Waals surface area contributed by atoms with Crippen LogP contribution in [0.15, 0.2) is 30.3 Å². The number of amides is 1. The number of fused-ring (bicyclic) bond motifs is 1. The molecule has 0 aliphatic carbocycles. The van der Waals surface area contributed by atoms with Gasteiger partial charge in [-0.3, -0.25) is 4.79 Å². The van der Waals surface area contributed by atoms with E-state index in [9.17, 15) is 4.79 Å². The summed E-state index contributed by atoms with van der Waals surface area (Å²) < 4.78 is 0. The van der Waals surface area contributed by atoms with Gasteiger partial charge in [0.05, 0.1) is 11.4 Å². The number of thioether (sulfide) groups is 1. The van der Waals surface area contributed by atoms with Gasteiger partial charge in [-0.2, -0.15) is 5.26 Å². The number of rotatable bonds is 2. The average Bonchev–Trinajstić information content (AvgIpc) is 2.90. The molecule has 4 nitrogen and oxygen atoms in total. The Kier molecular flexibility index (Phi) is 3.00. The molecule has 2 N–H and O–H groups in total. The molecule has 2 aliphatic heterocycles. The molecule has 2 fully saturated rings. The molecule has 2 aliphatic rings. The third-order valence-electron chi connectivity index (χ3n) is 3.80. The van der Waals surface area contributed by atoms with Crippen LogP contribution < -0.4 is 5.73 Å². The van der Waals surface area contributed by atoms with Crippen molar-refractivity contribution in [3.05, 3.63) is 35.9 Å². The highest BCUT2D eigenvalue weighted by atomic mass is 32.2. The van der Waals surface area contributed by atoms with E-state index >= 15 is 0 Å². The number of nitrogens with zero attached hydrogens (tertiary/aromatic N) is 2. The first-order valence-electron chi connectivity index (χ1n) is 6.31. The van der Waals surface area contributed by atoms with E-state index in [1.165, 1.54) is 0 Å². The van der Waals surface area contributed by atoms with E-state index in [0.717, 1.165) is 5.56 Å². The number of hydrogen-bond donors (Lipinski definition) is 1. The van der Waals surface area contributed by atoms with Crippen molar-refractivity contribution in [3.63, 3.8) is 0 Å². The molecule has 0 saturated carbocycles. The van der Waals surface area contributed by atoms with Gasteiger partial charge in [0.15, 0.2) is 0 Å². The quantitative estimate of drug-likeness (QED) is 0.876. The van der Waals surface area contributed by atoms with Gasteiger partial charge in [0, 0.05) is 12.2 Å². The van der Waals surface area contributed by atoms with Gasteiger partial charge in [0.1, 0.15) is 11.6 Å². The molecule has 0 radical (unpaired) electrons. The summed E-state index contributed by atoms with van der Waals surface area (Å²) >= 11 is 1.66. The molecule has 19 heavy (non-hydrogen) atoms. The molecular formula is C14H15N3OS. The lowest BCUT2D eigenvalue weighted by molar-refractivity contribution is -0.132. The first kappa shape index (κ1) is 12.5. The molecule has 0 bridgehead atoms. The maximum atomic E-state index is 12.5. The van der Waals surface area contributed by atoms with E-state index in [-0.39, 0.29) is 17.3 Å². The second-order valence-electron chi connectivity index (χ2n) is 5.17. The Balaban J connectivity index is 1.83. The van der Waals surface area contributed by atoms with Gasteiger partial charge < -0.3 is 10.6 Å². The van der Waals surface area contributed by atoms with Crippen LogP contribution in [0.5, 0.6) is 0 Å². The van der Waals surface area contributed by atoms with Crippen molar-refractivity contribution in [2.24, 2.45) is 5.73 Å². The lowest BCUT2D eigenvalue weighted by atomic mass is 9.90. The van der Waals surface area contributed by atoms with Crippen LogP contribution in [0.1, 0.15) is 12.0 Å². The summed E-state index contributed by atoms with van der Waals surface area (Å²) in [5.41, 5.74) is 6.54. The molecule has 5 heteroatoms. The van der Waals surface area contributed by atoms with Crippen molar-refractivity contribution in [2.45, 2.75) is 29.8 Å². The summed E-state index contributed by atoms with van der Waals surface area (Å²) in [4.78, 5) is 14.2. The minimum absolute atomic E-state index is 0.0714. The van der Waals surface area contributed by atoms with E-state index in [0.29, 0.717) is 18.6 Å². The van der Waals surface area contributed by atoms with Crippen LogP contribution >= 0.6 is 11.8 Å².